The van der Waals surface area contributed by atoms with E-state index >= 15 is 0 Å². The van der Waals surface area contributed by atoms with E-state index < -0.39 is 21.7 Å². The molecule has 0 aromatic carbocycles. The molecule has 2 aromatic rings. The number of carboxylic acids is 1. The number of carboxylic acid groups (broad SMARTS) is 1. The minimum atomic E-state index is -3.99. The fourth-order valence-electron chi connectivity index (χ4n) is 1.64. The van der Waals surface area contributed by atoms with Crippen LogP contribution in [0.4, 0.5) is 0 Å². The van der Waals surface area contributed by atoms with Gasteiger partial charge < -0.3 is 5.11 Å². The van der Waals surface area contributed by atoms with E-state index in [0.29, 0.717) is 5.69 Å². The summed E-state index contributed by atoms with van der Waals surface area (Å²) in [6.45, 7) is 1.40. The zero-order valence-corrected chi connectivity index (χ0v) is 11.3. The molecule has 0 amide bonds. The maximum Gasteiger partial charge on any atom is 0.357 e. The van der Waals surface area contributed by atoms with Crippen molar-refractivity contribution in [3.8, 4) is 0 Å². The monoisotopic (exact) mass is 296 g/mol. The summed E-state index contributed by atoms with van der Waals surface area (Å²) < 4.78 is 26.6. The molecule has 0 aliphatic heterocycles. The third-order valence-electron chi connectivity index (χ3n) is 2.53. The number of pyridine rings is 1. The first-order chi connectivity index (χ1) is 9.42. The van der Waals surface area contributed by atoms with E-state index in [-0.39, 0.29) is 17.1 Å². The molecule has 8 nitrogen and oxygen atoms in total. The Kier molecular flexibility index (Phi) is 3.81. The van der Waals surface area contributed by atoms with E-state index in [1.165, 1.54) is 13.1 Å². The second-order valence-corrected chi connectivity index (χ2v) is 5.68. The molecule has 0 saturated heterocycles. The normalized spacial score (nSPS) is 11.4. The van der Waals surface area contributed by atoms with Gasteiger partial charge in [-0.25, -0.2) is 17.9 Å². The third kappa shape index (κ3) is 2.83. The fourth-order valence-corrected chi connectivity index (χ4v) is 2.95. The number of rotatable bonds is 5. The summed E-state index contributed by atoms with van der Waals surface area (Å²) in [6.07, 6.45) is 1.54. The molecule has 0 saturated carbocycles. The van der Waals surface area contributed by atoms with Crippen LogP contribution in [0.25, 0.3) is 0 Å². The van der Waals surface area contributed by atoms with Gasteiger partial charge in [0.2, 0.25) is 10.0 Å². The number of aryl methyl sites for hydroxylation is 1. The number of aromatic amines is 1. The molecule has 0 unspecified atom stereocenters. The summed E-state index contributed by atoms with van der Waals surface area (Å²) >= 11 is 0. The minimum Gasteiger partial charge on any atom is -0.476 e. The van der Waals surface area contributed by atoms with E-state index in [1.807, 2.05) is 0 Å². The van der Waals surface area contributed by atoms with Gasteiger partial charge in [0.15, 0.2) is 5.69 Å². The maximum absolute atomic E-state index is 12.2. The molecule has 2 heterocycles. The number of nitrogens with zero attached hydrogens (tertiary/aromatic N) is 2. The molecule has 3 N–H and O–H groups in total. The summed E-state index contributed by atoms with van der Waals surface area (Å²) in [6, 6.07) is 5.09. The van der Waals surface area contributed by atoms with E-state index in [4.69, 9.17) is 5.11 Å². The van der Waals surface area contributed by atoms with E-state index in [2.05, 4.69) is 19.9 Å². The lowest BCUT2D eigenvalue weighted by Gasteiger charge is -2.06. The van der Waals surface area contributed by atoms with Crippen molar-refractivity contribution in [1.29, 1.82) is 0 Å². The molecular weight excluding hydrogens is 284 g/mol. The first kappa shape index (κ1) is 14.2. The molecule has 0 spiro atoms. The Morgan fingerprint density at radius 1 is 1.45 bits per heavy atom. The molecule has 0 fully saturated rings. The molecule has 9 heteroatoms. The third-order valence-corrected chi connectivity index (χ3v) is 4.09. The van der Waals surface area contributed by atoms with Crippen LogP contribution in [0.5, 0.6) is 0 Å². The van der Waals surface area contributed by atoms with Gasteiger partial charge in [0.05, 0.1) is 17.9 Å². The molecule has 106 valence electrons. The van der Waals surface area contributed by atoms with Crippen LogP contribution < -0.4 is 4.72 Å². The van der Waals surface area contributed by atoms with Crippen LogP contribution in [-0.4, -0.2) is 34.7 Å². The molecule has 0 radical (unpaired) electrons. The Morgan fingerprint density at radius 3 is 2.80 bits per heavy atom. The van der Waals surface area contributed by atoms with Gasteiger partial charge in [-0.2, -0.15) is 5.10 Å². The molecule has 0 atom stereocenters. The average molecular weight is 296 g/mol. The van der Waals surface area contributed by atoms with E-state index in [9.17, 15) is 13.2 Å². The molecule has 2 aromatic heterocycles. The van der Waals surface area contributed by atoms with Crippen LogP contribution in [0.1, 0.15) is 21.9 Å². The van der Waals surface area contributed by atoms with Crippen LogP contribution in [0.2, 0.25) is 0 Å². The Balaban J connectivity index is 2.27. The maximum atomic E-state index is 12.2. The summed E-state index contributed by atoms with van der Waals surface area (Å²) in [5.41, 5.74) is 0.154. The van der Waals surface area contributed by atoms with Gasteiger partial charge in [0.1, 0.15) is 4.90 Å². The highest BCUT2D eigenvalue weighted by atomic mass is 32.2. The van der Waals surface area contributed by atoms with Crippen LogP contribution >= 0.6 is 0 Å². The second kappa shape index (κ2) is 5.39. The van der Waals surface area contributed by atoms with E-state index in [0.717, 1.165) is 0 Å². The van der Waals surface area contributed by atoms with Crippen LogP contribution in [0, 0.1) is 6.92 Å². The van der Waals surface area contributed by atoms with Crippen LogP contribution in [0.15, 0.2) is 29.3 Å². The Bertz CT molecular complexity index is 724. The van der Waals surface area contributed by atoms with Gasteiger partial charge in [-0.1, -0.05) is 6.07 Å². The first-order valence-electron chi connectivity index (χ1n) is 5.59. The van der Waals surface area contributed by atoms with Crippen molar-refractivity contribution in [3.05, 3.63) is 41.5 Å². The summed E-state index contributed by atoms with van der Waals surface area (Å²) in [7, 11) is -3.99. The van der Waals surface area contributed by atoms with Crippen molar-refractivity contribution in [3.63, 3.8) is 0 Å². The van der Waals surface area contributed by atoms with Gasteiger partial charge in [0, 0.05) is 6.20 Å². The average Bonchev–Trinajstić information content (AvgIpc) is 2.81. The predicted molar refractivity (Wildman–Crippen MR) is 68.5 cm³/mol. The largest absolute Gasteiger partial charge is 0.476 e. The van der Waals surface area contributed by atoms with E-state index in [1.54, 1.807) is 18.2 Å². The fraction of sp³-hybridized carbons (Fsp3) is 0.182. The number of nitrogens with one attached hydrogen (secondary N) is 2. The second-order valence-electron chi connectivity index (χ2n) is 3.98. The van der Waals surface area contributed by atoms with Gasteiger partial charge in [-0.15, -0.1) is 0 Å². The highest BCUT2D eigenvalue weighted by Crippen LogP contribution is 2.17. The van der Waals surface area contributed by atoms with Crippen LogP contribution in [0.3, 0.4) is 0 Å². The Labute approximate surface area is 114 Å². The Hall–Kier alpha value is -2.26. The standard InChI is InChI=1S/C11H12N4O4S/c1-7-10(9(11(16)17)15-14-7)20(18,19)13-6-8-4-2-3-5-12-8/h2-5,13H,6H2,1H3,(H,14,15)(H,16,17). The quantitative estimate of drug-likeness (QED) is 0.728. The lowest BCUT2D eigenvalue weighted by Crippen LogP contribution is -2.25. The Morgan fingerprint density at radius 2 is 2.20 bits per heavy atom. The minimum absolute atomic E-state index is 0.0349. The summed E-state index contributed by atoms with van der Waals surface area (Å²) in [5, 5.41) is 14.8. The number of hydrogen-bond acceptors (Lipinski definition) is 5. The van der Waals surface area contributed by atoms with Crippen molar-refractivity contribution in [1.82, 2.24) is 19.9 Å². The molecule has 20 heavy (non-hydrogen) atoms. The van der Waals surface area contributed by atoms with Gasteiger partial charge in [-0.3, -0.25) is 10.1 Å². The number of aromatic carboxylic acids is 1. The molecular formula is C11H12N4O4S. The molecule has 0 bridgehead atoms. The topological polar surface area (TPSA) is 125 Å². The predicted octanol–water partition coefficient (Wildman–Crippen LogP) is 0.290. The van der Waals surface area contributed by atoms with Crippen molar-refractivity contribution in [2.45, 2.75) is 18.4 Å². The summed E-state index contributed by atoms with van der Waals surface area (Å²) in [4.78, 5) is 14.6. The zero-order chi connectivity index (χ0) is 14.8. The van der Waals surface area contributed by atoms with Crippen molar-refractivity contribution < 1.29 is 18.3 Å². The number of H-pyrrole nitrogens is 1. The van der Waals surface area contributed by atoms with Gasteiger partial charge in [-0.05, 0) is 19.1 Å². The molecule has 2 rings (SSSR count). The number of aromatic nitrogens is 3. The van der Waals surface area contributed by atoms with Crippen LogP contribution in [-0.2, 0) is 16.6 Å². The van der Waals surface area contributed by atoms with Gasteiger partial charge in [0.25, 0.3) is 0 Å². The molecule has 0 aliphatic carbocycles. The lowest BCUT2D eigenvalue weighted by atomic mass is 10.4. The van der Waals surface area contributed by atoms with Crippen molar-refractivity contribution in [2.75, 3.05) is 0 Å². The van der Waals surface area contributed by atoms with Crippen molar-refractivity contribution in [2.24, 2.45) is 0 Å². The number of sulfonamides is 1. The SMILES string of the molecule is Cc1[nH]nc(C(=O)O)c1S(=O)(=O)NCc1ccccn1. The highest BCUT2D eigenvalue weighted by molar-refractivity contribution is 7.89. The number of carbonyl (C=O) groups is 1. The number of hydrogen-bond donors (Lipinski definition) is 3. The first-order valence-corrected chi connectivity index (χ1v) is 7.08. The molecule has 0 aliphatic rings. The zero-order valence-electron chi connectivity index (χ0n) is 10.5. The summed E-state index contributed by atoms with van der Waals surface area (Å²) in [5.74, 6) is -1.41. The highest BCUT2D eigenvalue weighted by Gasteiger charge is 2.27. The smallest absolute Gasteiger partial charge is 0.357 e. The van der Waals surface area contributed by atoms with Crippen molar-refractivity contribution >= 4 is 16.0 Å². The van der Waals surface area contributed by atoms with Gasteiger partial charge >= 0.3 is 5.97 Å². The lowest BCUT2D eigenvalue weighted by molar-refractivity contribution is 0.0686.